The molecule has 30 heavy (non-hydrogen) atoms. The van der Waals surface area contributed by atoms with E-state index < -0.39 is 5.97 Å². The highest BCUT2D eigenvalue weighted by Crippen LogP contribution is 2.31. The van der Waals surface area contributed by atoms with Crippen LogP contribution in [-0.2, 0) is 13.6 Å². The van der Waals surface area contributed by atoms with E-state index >= 15 is 0 Å². The van der Waals surface area contributed by atoms with Crippen LogP contribution in [0.2, 0.25) is 5.02 Å². The fourth-order valence-corrected chi connectivity index (χ4v) is 4.48. The summed E-state index contributed by atoms with van der Waals surface area (Å²) >= 11 is 6.24. The molecule has 156 valence electrons. The highest BCUT2D eigenvalue weighted by atomic mass is 35.5. The number of aromatic nitrogens is 3. The van der Waals surface area contributed by atoms with Gasteiger partial charge in [-0.1, -0.05) is 17.7 Å². The zero-order valence-corrected chi connectivity index (χ0v) is 17.9. The highest BCUT2D eigenvalue weighted by molar-refractivity contribution is 6.30. The molecule has 1 N–H and O–H groups in total. The van der Waals surface area contributed by atoms with Crippen LogP contribution in [0.1, 0.15) is 45.9 Å². The molecule has 0 radical (unpaired) electrons. The average Bonchev–Trinajstić information content (AvgIpc) is 3.08. The van der Waals surface area contributed by atoms with Crippen molar-refractivity contribution in [2.45, 2.75) is 32.2 Å². The van der Waals surface area contributed by atoms with Gasteiger partial charge >= 0.3 is 5.97 Å². The number of hydrogen-bond donors (Lipinski definition) is 1. The number of carboxylic acids is 1. The SMILES string of the molecule is Cc1cc(Cl)cc(C2CCN(Cc3cn(C)c(-c4cc(C(=O)O)ccn4)n3)CC2)c1. The van der Waals surface area contributed by atoms with E-state index in [2.05, 4.69) is 28.9 Å². The minimum absolute atomic E-state index is 0.211. The molecule has 1 aliphatic heterocycles. The lowest BCUT2D eigenvalue weighted by molar-refractivity contribution is 0.0697. The van der Waals surface area contributed by atoms with Crippen LogP contribution in [0.25, 0.3) is 11.5 Å². The number of imidazole rings is 1. The maximum Gasteiger partial charge on any atom is 0.335 e. The van der Waals surface area contributed by atoms with Gasteiger partial charge in [0, 0.05) is 31.0 Å². The Labute approximate surface area is 181 Å². The van der Waals surface area contributed by atoms with Gasteiger partial charge in [-0.2, -0.15) is 0 Å². The molecule has 1 saturated heterocycles. The van der Waals surface area contributed by atoms with Gasteiger partial charge in [0.2, 0.25) is 0 Å². The van der Waals surface area contributed by atoms with E-state index in [0.717, 1.165) is 43.2 Å². The van der Waals surface area contributed by atoms with Gasteiger partial charge in [0.05, 0.1) is 11.3 Å². The van der Waals surface area contributed by atoms with E-state index in [1.165, 1.54) is 23.4 Å². The number of aromatic carboxylic acids is 1. The van der Waals surface area contributed by atoms with Gasteiger partial charge in [0.15, 0.2) is 5.82 Å². The summed E-state index contributed by atoms with van der Waals surface area (Å²) < 4.78 is 1.91. The molecular formula is C23H25ClN4O2. The van der Waals surface area contributed by atoms with Crippen LogP contribution < -0.4 is 0 Å². The van der Waals surface area contributed by atoms with Gasteiger partial charge < -0.3 is 9.67 Å². The third-order valence-corrected chi connectivity index (χ3v) is 5.89. The van der Waals surface area contributed by atoms with Gasteiger partial charge in [-0.15, -0.1) is 0 Å². The van der Waals surface area contributed by atoms with Gasteiger partial charge in [0.1, 0.15) is 5.69 Å². The first-order chi connectivity index (χ1) is 14.4. The molecule has 0 saturated carbocycles. The largest absolute Gasteiger partial charge is 0.478 e. The van der Waals surface area contributed by atoms with E-state index in [1.54, 1.807) is 6.07 Å². The molecule has 7 heteroatoms. The Kier molecular flexibility index (Phi) is 5.88. The van der Waals surface area contributed by atoms with Crippen LogP contribution in [0.3, 0.4) is 0 Å². The number of aryl methyl sites for hydroxylation is 2. The normalized spacial score (nSPS) is 15.4. The first-order valence-corrected chi connectivity index (χ1v) is 10.5. The summed E-state index contributed by atoms with van der Waals surface area (Å²) in [5.41, 5.74) is 4.29. The first-order valence-electron chi connectivity index (χ1n) is 10.1. The summed E-state index contributed by atoms with van der Waals surface area (Å²) in [5, 5.41) is 10.0. The molecule has 0 aliphatic carbocycles. The molecule has 3 heterocycles. The number of likely N-dealkylation sites (tertiary alicyclic amines) is 1. The van der Waals surface area contributed by atoms with Gasteiger partial charge in [-0.05, 0) is 74.2 Å². The van der Waals surface area contributed by atoms with Gasteiger partial charge in [-0.3, -0.25) is 9.88 Å². The van der Waals surface area contributed by atoms with Crippen molar-refractivity contribution in [2.24, 2.45) is 7.05 Å². The van der Waals surface area contributed by atoms with Crippen LogP contribution in [-0.4, -0.2) is 43.6 Å². The van der Waals surface area contributed by atoms with Crippen LogP contribution in [0.15, 0.2) is 42.7 Å². The Hall–Kier alpha value is -2.70. The number of carbonyl (C=O) groups is 1. The molecule has 4 rings (SSSR count). The van der Waals surface area contributed by atoms with Crippen LogP contribution in [0.4, 0.5) is 0 Å². The van der Waals surface area contributed by atoms with Crippen LogP contribution in [0.5, 0.6) is 0 Å². The summed E-state index contributed by atoms with van der Waals surface area (Å²) in [6, 6.07) is 9.39. The van der Waals surface area contributed by atoms with Crippen molar-refractivity contribution in [3.8, 4) is 11.5 Å². The summed E-state index contributed by atoms with van der Waals surface area (Å²) in [7, 11) is 1.91. The molecule has 6 nitrogen and oxygen atoms in total. The Morgan fingerprint density at radius 2 is 2.00 bits per heavy atom. The molecule has 0 spiro atoms. The molecule has 0 bridgehead atoms. The van der Waals surface area contributed by atoms with Crippen molar-refractivity contribution in [2.75, 3.05) is 13.1 Å². The highest BCUT2D eigenvalue weighted by Gasteiger charge is 2.22. The number of pyridine rings is 1. The molecule has 1 aromatic carbocycles. The number of piperidine rings is 1. The molecule has 1 aliphatic rings. The first kappa shape index (κ1) is 20.6. The van der Waals surface area contributed by atoms with Crippen molar-refractivity contribution in [3.63, 3.8) is 0 Å². The van der Waals surface area contributed by atoms with E-state index in [-0.39, 0.29) is 5.56 Å². The topological polar surface area (TPSA) is 71.2 Å². The summed E-state index contributed by atoms with van der Waals surface area (Å²) in [6.45, 7) is 4.88. The summed E-state index contributed by atoms with van der Waals surface area (Å²) in [6.07, 6.45) is 5.70. The molecule has 0 unspecified atom stereocenters. The molecule has 3 aromatic rings. The lowest BCUT2D eigenvalue weighted by Gasteiger charge is -2.31. The molecule has 2 aromatic heterocycles. The smallest absolute Gasteiger partial charge is 0.335 e. The second-order valence-electron chi connectivity index (χ2n) is 8.01. The number of nitrogens with zero attached hydrogens (tertiary/aromatic N) is 4. The second kappa shape index (κ2) is 8.58. The van der Waals surface area contributed by atoms with Crippen molar-refractivity contribution in [1.29, 1.82) is 0 Å². The fraction of sp³-hybridized carbons (Fsp3) is 0.348. The maximum atomic E-state index is 11.2. The number of halogens is 1. The zero-order valence-electron chi connectivity index (χ0n) is 17.2. The van der Waals surface area contributed by atoms with E-state index in [4.69, 9.17) is 16.6 Å². The lowest BCUT2D eigenvalue weighted by Crippen LogP contribution is -2.32. The van der Waals surface area contributed by atoms with E-state index in [0.29, 0.717) is 17.4 Å². The van der Waals surface area contributed by atoms with Crippen molar-refractivity contribution in [3.05, 3.63) is 70.1 Å². The lowest BCUT2D eigenvalue weighted by atomic mass is 9.88. The average molecular weight is 425 g/mol. The van der Waals surface area contributed by atoms with Crippen molar-refractivity contribution < 1.29 is 9.90 Å². The Morgan fingerprint density at radius 3 is 2.70 bits per heavy atom. The maximum absolute atomic E-state index is 11.2. The molecule has 1 fully saturated rings. The predicted molar refractivity (Wildman–Crippen MR) is 117 cm³/mol. The second-order valence-corrected chi connectivity index (χ2v) is 8.45. The fourth-order valence-electron chi connectivity index (χ4n) is 4.18. The standard InChI is InChI=1S/C23H25ClN4O2/c1-15-9-18(11-19(24)10-15)16-4-7-28(8-5-16)14-20-13-27(2)22(26-20)21-12-17(23(29)30)3-6-25-21/h3,6,9-13,16H,4-5,7-8,14H2,1-2H3,(H,29,30). The summed E-state index contributed by atoms with van der Waals surface area (Å²) in [5.74, 6) is 0.254. The zero-order chi connectivity index (χ0) is 21.3. The minimum Gasteiger partial charge on any atom is -0.478 e. The quantitative estimate of drug-likeness (QED) is 0.651. The summed E-state index contributed by atoms with van der Waals surface area (Å²) in [4.78, 5) is 22.7. The van der Waals surface area contributed by atoms with Crippen LogP contribution >= 0.6 is 11.6 Å². The van der Waals surface area contributed by atoms with E-state index in [9.17, 15) is 9.90 Å². The number of hydrogen-bond acceptors (Lipinski definition) is 4. The molecule has 0 amide bonds. The van der Waals surface area contributed by atoms with Crippen molar-refractivity contribution in [1.82, 2.24) is 19.4 Å². The number of benzene rings is 1. The third kappa shape index (κ3) is 4.55. The molecule has 0 atom stereocenters. The molecular weight excluding hydrogens is 400 g/mol. The monoisotopic (exact) mass is 424 g/mol. The van der Waals surface area contributed by atoms with Gasteiger partial charge in [0.25, 0.3) is 0 Å². The van der Waals surface area contributed by atoms with Crippen molar-refractivity contribution >= 4 is 17.6 Å². The Morgan fingerprint density at radius 1 is 1.23 bits per heavy atom. The third-order valence-electron chi connectivity index (χ3n) is 5.67. The van der Waals surface area contributed by atoms with Crippen LogP contribution in [0, 0.1) is 6.92 Å². The number of rotatable bonds is 5. The van der Waals surface area contributed by atoms with Gasteiger partial charge in [-0.25, -0.2) is 9.78 Å². The Bertz CT molecular complexity index is 1050. The predicted octanol–water partition coefficient (Wildman–Crippen LogP) is 4.52. The minimum atomic E-state index is -0.967. The van der Waals surface area contributed by atoms with E-state index in [1.807, 2.05) is 23.9 Å². The Balaban J connectivity index is 1.42. The number of carboxylic acid groups (broad SMARTS) is 1.